The summed E-state index contributed by atoms with van der Waals surface area (Å²) in [4.78, 5) is 0. The molecule has 108 valence electrons. The van der Waals surface area contributed by atoms with Gasteiger partial charge in [-0.15, -0.1) is 10.2 Å². The van der Waals surface area contributed by atoms with Crippen LogP contribution in [0.5, 0.6) is 0 Å². The second-order valence-corrected chi connectivity index (χ2v) is 6.09. The highest BCUT2D eigenvalue weighted by Gasteiger charge is 2.14. The molecule has 1 unspecified atom stereocenters. The van der Waals surface area contributed by atoms with Gasteiger partial charge in [-0.2, -0.15) is 0 Å². The predicted molar refractivity (Wildman–Crippen MR) is 80.8 cm³/mol. The van der Waals surface area contributed by atoms with E-state index in [0.29, 0.717) is 17.0 Å². The number of halogens is 2. The van der Waals surface area contributed by atoms with Crippen LogP contribution in [-0.2, 0) is 6.42 Å². The van der Waals surface area contributed by atoms with Crippen molar-refractivity contribution in [2.75, 3.05) is 6.54 Å². The molecule has 2 rings (SSSR count). The smallest absolute Gasteiger partial charge is 0.134 e. The van der Waals surface area contributed by atoms with Crippen molar-refractivity contribution in [3.8, 4) is 0 Å². The monoisotopic (exact) mass is 313 g/mol. The minimum atomic E-state index is -0.300. The van der Waals surface area contributed by atoms with Gasteiger partial charge >= 0.3 is 0 Å². The molecular weight excluding hydrogens is 297 g/mol. The Bertz CT molecular complexity index is 553. The Kier molecular flexibility index (Phi) is 5.46. The molecule has 0 amide bonds. The third-order valence-corrected chi connectivity index (χ3v) is 4.40. The van der Waals surface area contributed by atoms with Crippen LogP contribution in [0.25, 0.3) is 0 Å². The van der Waals surface area contributed by atoms with Crippen LogP contribution < -0.4 is 5.32 Å². The molecule has 1 N–H and O–H groups in total. The summed E-state index contributed by atoms with van der Waals surface area (Å²) < 4.78 is 13.7. The maximum Gasteiger partial charge on any atom is 0.134 e. The Morgan fingerprint density at radius 1 is 1.40 bits per heavy atom. The lowest BCUT2D eigenvalue weighted by Gasteiger charge is -2.08. The van der Waals surface area contributed by atoms with Crippen molar-refractivity contribution < 1.29 is 4.39 Å². The number of hydrogen-bond donors (Lipinski definition) is 1. The number of aromatic nitrogens is 2. The van der Waals surface area contributed by atoms with Gasteiger partial charge in [0.25, 0.3) is 0 Å². The van der Waals surface area contributed by atoms with Gasteiger partial charge in [-0.05, 0) is 32.0 Å². The summed E-state index contributed by atoms with van der Waals surface area (Å²) in [6, 6.07) is 4.86. The van der Waals surface area contributed by atoms with Crippen molar-refractivity contribution in [3.63, 3.8) is 0 Å². The molecule has 1 atom stereocenters. The molecule has 0 saturated carbocycles. The van der Waals surface area contributed by atoms with Crippen molar-refractivity contribution in [1.29, 1.82) is 0 Å². The Balaban J connectivity index is 2.10. The summed E-state index contributed by atoms with van der Waals surface area (Å²) in [6.45, 7) is 5.11. The molecule has 0 aliphatic heterocycles. The summed E-state index contributed by atoms with van der Waals surface area (Å²) in [7, 11) is 0. The van der Waals surface area contributed by atoms with Gasteiger partial charge in [0.05, 0.1) is 6.04 Å². The van der Waals surface area contributed by atoms with E-state index in [1.165, 1.54) is 17.4 Å². The van der Waals surface area contributed by atoms with Crippen molar-refractivity contribution in [1.82, 2.24) is 15.5 Å². The van der Waals surface area contributed by atoms with Crippen LogP contribution in [0, 0.1) is 5.82 Å². The van der Waals surface area contributed by atoms with Gasteiger partial charge in [0.2, 0.25) is 0 Å². The van der Waals surface area contributed by atoms with Gasteiger partial charge in [-0.3, -0.25) is 0 Å². The standard InChI is InChI=1S/C14H17ClFN3S/c1-3-7-17-9(2)14-19-18-13(20-14)8-10-11(15)5-4-6-12(10)16/h4-6,9,17H,3,7-8H2,1-2H3. The van der Waals surface area contributed by atoms with Crippen LogP contribution in [0.3, 0.4) is 0 Å². The minimum absolute atomic E-state index is 0.164. The van der Waals surface area contributed by atoms with Crippen molar-refractivity contribution in [3.05, 3.63) is 44.6 Å². The maximum absolute atomic E-state index is 13.7. The van der Waals surface area contributed by atoms with E-state index >= 15 is 0 Å². The van der Waals surface area contributed by atoms with Gasteiger partial charge < -0.3 is 5.32 Å². The van der Waals surface area contributed by atoms with E-state index in [4.69, 9.17) is 11.6 Å². The van der Waals surface area contributed by atoms with E-state index in [1.54, 1.807) is 12.1 Å². The average molecular weight is 314 g/mol. The van der Waals surface area contributed by atoms with E-state index in [2.05, 4.69) is 29.4 Å². The normalized spacial score (nSPS) is 12.6. The molecule has 0 radical (unpaired) electrons. The van der Waals surface area contributed by atoms with Crippen molar-refractivity contribution in [2.45, 2.75) is 32.7 Å². The van der Waals surface area contributed by atoms with Crippen LogP contribution in [0.15, 0.2) is 18.2 Å². The molecule has 1 heterocycles. The molecule has 0 spiro atoms. The van der Waals surface area contributed by atoms with E-state index in [1.807, 2.05) is 0 Å². The minimum Gasteiger partial charge on any atom is -0.308 e. The van der Waals surface area contributed by atoms with E-state index in [9.17, 15) is 4.39 Å². The molecule has 20 heavy (non-hydrogen) atoms. The first-order valence-corrected chi connectivity index (χ1v) is 7.79. The van der Waals surface area contributed by atoms with Crippen LogP contribution in [0.1, 0.15) is 41.9 Å². The van der Waals surface area contributed by atoms with Crippen molar-refractivity contribution in [2.24, 2.45) is 0 Å². The number of rotatable bonds is 6. The molecule has 2 aromatic rings. The lowest BCUT2D eigenvalue weighted by atomic mass is 10.1. The quantitative estimate of drug-likeness (QED) is 0.876. The van der Waals surface area contributed by atoms with Crippen molar-refractivity contribution >= 4 is 22.9 Å². The molecule has 0 aliphatic carbocycles. The number of benzene rings is 1. The zero-order chi connectivity index (χ0) is 14.5. The largest absolute Gasteiger partial charge is 0.308 e. The van der Waals surface area contributed by atoms with Gasteiger partial charge in [0.15, 0.2) is 0 Å². The summed E-state index contributed by atoms with van der Waals surface area (Å²) >= 11 is 7.52. The summed E-state index contributed by atoms with van der Waals surface area (Å²) in [5, 5.41) is 13.8. The predicted octanol–water partition coefficient (Wildman–Crippen LogP) is 3.98. The zero-order valence-corrected chi connectivity index (χ0v) is 13.1. The second-order valence-electron chi connectivity index (χ2n) is 4.59. The molecule has 0 bridgehead atoms. The molecule has 6 heteroatoms. The topological polar surface area (TPSA) is 37.8 Å². The molecule has 1 aromatic heterocycles. The highest BCUT2D eigenvalue weighted by molar-refractivity contribution is 7.11. The van der Waals surface area contributed by atoms with Crippen LogP contribution in [0.2, 0.25) is 5.02 Å². The van der Waals surface area contributed by atoms with E-state index in [-0.39, 0.29) is 11.9 Å². The molecule has 0 saturated heterocycles. The highest BCUT2D eigenvalue weighted by Crippen LogP contribution is 2.25. The number of nitrogens with one attached hydrogen (secondary N) is 1. The Hall–Kier alpha value is -1.04. The Morgan fingerprint density at radius 2 is 2.20 bits per heavy atom. The highest BCUT2D eigenvalue weighted by atomic mass is 35.5. The van der Waals surface area contributed by atoms with Gasteiger partial charge in [-0.25, -0.2) is 4.39 Å². The SMILES string of the molecule is CCCNC(C)c1nnc(Cc2c(F)cccc2Cl)s1. The molecule has 1 aromatic carbocycles. The first-order valence-electron chi connectivity index (χ1n) is 6.60. The first kappa shape index (κ1) is 15.4. The van der Waals surface area contributed by atoms with Gasteiger partial charge in [0, 0.05) is 17.0 Å². The molecule has 0 aliphatic rings. The summed E-state index contributed by atoms with van der Waals surface area (Å²) in [5.74, 6) is -0.300. The van der Waals surface area contributed by atoms with Gasteiger partial charge in [-0.1, -0.05) is 35.9 Å². The first-order chi connectivity index (χ1) is 9.61. The molecular formula is C14H17ClFN3S. The fourth-order valence-corrected chi connectivity index (χ4v) is 2.92. The lowest BCUT2D eigenvalue weighted by molar-refractivity contribution is 0.564. The molecule has 0 fully saturated rings. The van der Waals surface area contributed by atoms with Gasteiger partial charge in [0.1, 0.15) is 15.8 Å². The number of nitrogens with zero attached hydrogens (tertiary/aromatic N) is 2. The third kappa shape index (κ3) is 3.75. The van der Waals surface area contributed by atoms with Crippen LogP contribution in [-0.4, -0.2) is 16.7 Å². The average Bonchev–Trinajstić information content (AvgIpc) is 2.89. The Labute approximate surface area is 127 Å². The van der Waals surface area contributed by atoms with E-state index < -0.39 is 0 Å². The lowest BCUT2D eigenvalue weighted by Crippen LogP contribution is -2.18. The summed E-state index contributed by atoms with van der Waals surface area (Å²) in [6.07, 6.45) is 1.45. The number of hydrogen-bond acceptors (Lipinski definition) is 4. The summed E-state index contributed by atoms with van der Waals surface area (Å²) in [5.41, 5.74) is 0.478. The van der Waals surface area contributed by atoms with E-state index in [0.717, 1.165) is 23.0 Å². The van der Waals surface area contributed by atoms with Crippen LogP contribution in [0.4, 0.5) is 4.39 Å². The second kappa shape index (κ2) is 7.11. The fourth-order valence-electron chi connectivity index (χ4n) is 1.81. The maximum atomic E-state index is 13.7. The van der Waals surface area contributed by atoms with Crippen LogP contribution >= 0.6 is 22.9 Å². The fraction of sp³-hybridized carbons (Fsp3) is 0.429. The zero-order valence-electron chi connectivity index (χ0n) is 11.5. The third-order valence-electron chi connectivity index (χ3n) is 2.94. The Morgan fingerprint density at radius 3 is 2.90 bits per heavy atom. The molecule has 3 nitrogen and oxygen atoms in total.